The van der Waals surface area contributed by atoms with Crippen LogP contribution >= 0.6 is 34.8 Å². The summed E-state index contributed by atoms with van der Waals surface area (Å²) in [5, 5.41) is 0.452. The van der Waals surface area contributed by atoms with Crippen LogP contribution in [0.15, 0.2) is 12.1 Å². The van der Waals surface area contributed by atoms with Crippen LogP contribution in [-0.2, 0) is 9.53 Å². The Labute approximate surface area is 162 Å². The molecular formula is C19H19Cl3O3. The zero-order valence-electron chi connectivity index (χ0n) is 13.7. The first-order chi connectivity index (χ1) is 11.9. The number of rotatable bonds is 4. The van der Waals surface area contributed by atoms with Gasteiger partial charge in [-0.2, -0.15) is 0 Å². The molecule has 0 unspecified atom stereocenters. The molecule has 0 heterocycles. The molecule has 1 aromatic rings. The summed E-state index contributed by atoms with van der Waals surface area (Å²) >= 11 is 18.0. The van der Waals surface area contributed by atoms with E-state index in [0.717, 1.165) is 19.3 Å². The second-order valence-electron chi connectivity index (χ2n) is 7.92. The van der Waals surface area contributed by atoms with Crippen LogP contribution in [0.25, 0.3) is 0 Å². The van der Waals surface area contributed by atoms with Gasteiger partial charge in [-0.25, -0.2) is 4.79 Å². The van der Waals surface area contributed by atoms with Gasteiger partial charge in [-0.15, -0.1) is 0 Å². The van der Waals surface area contributed by atoms with Gasteiger partial charge in [0.15, 0.2) is 12.4 Å². The van der Waals surface area contributed by atoms with Gasteiger partial charge in [-0.3, -0.25) is 4.79 Å². The molecule has 0 aromatic heterocycles. The largest absolute Gasteiger partial charge is 0.454 e. The van der Waals surface area contributed by atoms with Crippen LogP contribution < -0.4 is 0 Å². The van der Waals surface area contributed by atoms with Crippen molar-refractivity contribution in [2.24, 2.45) is 23.2 Å². The van der Waals surface area contributed by atoms with Crippen LogP contribution in [0.1, 0.15) is 48.9 Å². The molecule has 4 saturated carbocycles. The van der Waals surface area contributed by atoms with Crippen molar-refractivity contribution in [1.29, 1.82) is 0 Å². The van der Waals surface area contributed by atoms with Crippen LogP contribution in [0.2, 0.25) is 15.1 Å². The third-order valence-corrected chi connectivity index (χ3v) is 7.33. The molecule has 5 rings (SSSR count). The van der Waals surface area contributed by atoms with Crippen LogP contribution in [0.5, 0.6) is 0 Å². The molecule has 0 radical (unpaired) electrons. The maximum atomic E-state index is 12.9. The second kappa shape index (κ2) is 6.44. The van der Waals surface area contributed by atoms with Crippen molar-refractivity contribution < 1.29 is 14.3 Å². The number of halogens is 3. The number of ether oxygens (including phenoxy) is 1. The minimum absolute atomic E-state index is 0.0224. The molecule has 1 aromatic carbocycles. The number of esters is 1. The number of benzene rings is 1. The maximum Gasteiger partial charge on any atom is 0.341 e. The lowest BCUT2D eigenvalue weighted by atomic mass is 9.48. The minimum Gasteiger partial charge on any atom is -0.454 e. The average molecular weight is 402 g/mol. The number of carbonyl (C=O) groups excluding carboxylic acids is 2. The van der Waals surface area contributed by atoms with E-state index in [-0.39, 0.29) is 38.4 Å². The van der Waals surface area contributed by atoms with E-state index in [0.29, 0.717) is 17.8 Å². The van der Waals surface area contributed by atoms with E-state index in [1.54, 1.807) is 0 Å². The Hall–Kier alpha value is -0.770. The molecular weight excluding hydrogens is 383 g/mol. The molecule has 0 saturated heterocycles. The molecule has 25 heavy (non-hydrogen) atoms. The quantitative estimate of drug-likeness (QED) is 0.488. The summed E-state index contributed by atoms with van der Waals surface area (Å²) in [6.45, 7) is -0.218. The van der Waals surface area contributed by atoms with Gasteiger partial charge in [0.25, 0.3) is 0 Å². The highest BCUT2D eigenvalue weighted by molar-refractivity contribution is 6.46. The fraction of sp³-hybridized carbons (Fsp3) is 0.579. The summed E-state index contributed by atoms with van der Waals surface area (Å²) in [6, 6.07) is 3.01. The zero-order chi connectivity index (χ0) is 17.8. The first-order valence-corrected chi connectivity index (χ1v) is 9.85. The molecule has 0 N–H and O–H groups in total. The van der Waals surface area contributed by atoms with Crippen LogP contribution in [0, 0.1) is 23.2 Å². The lowest BCUT2D eigenvalue weighted by Gasteiger charge is -2.55. The predicted molar refractivity (Wildman–Crippen MR) is 97.4 cm³/mol. The number of carbonyl (C=O) groups is 2. The third-order valence-electron chi connectivity index (χ3n) is 6.21. The van der Waals surface area contributed by atoms with Gasteiger partial charge in [-0.05, 0) is 68.4 Å². The Bertz CT molecular complexity index is 708. The maximum absolute atomic E-state index is 12.9. The molecule has 4 fully saturated rings. The molecule has 0 amide bonds. The van der Waals surface area contributed by atoms with Gasteiger partial charge in [0.1, 0.15) is 0 Å². The first kappa shape index (κ1) is 17.6. The third kappa shape index (κ3) is 3.09. The van der Waals surface area contributed by atoms with Crippen molar-refractivity contribution in [2.45, 2.75) is 38.5 Å². The molecule has 0 spiro atoms. The highest BCUT2D eigenvalue weighted by atomic mass is 35.5. The van der Waals surface area contributed by atoms with Crippen LogP contribution in [0.4, 0.5) is 0 Å². The Balaban J connectivity index is 1.46. The van der Waals surface area contributed by atoms with Gasteiger partial charge in [0, 0.05) is 5.41 Å². The van der Waals surface area contributed by atoms with Crippen molar-refractivity contribution in [2.75, 3.05) is 6.61 Å². The van der Waals surface area contributed by atoms with E-state index >= 15 is 0 Å². The van der Waals surface area contributed by atoms with Crippen LogP contribution in [0.3, 0.4) is 0 Å². The highest BCUT2D eigenvalue weighted by Crippen LogP contribution is 2.60. The van der Waals surface area contributed by atoms with E-state index in [4.69, 9.17) is 39.5 Å². The van der Waals surface area contributed by atoms with Crippen molar-refractivity contribution >= 4 is 46.6 Å². The van der Waals surface area contributed by atoms with E-state index in [1.165, 1.54) is 31.4 Å². The first-order valence-electron chi connectivity index (χ1n) is 8.72. The Kier molecular flexibility index (Phi) is 4.54. The normalized spacial score (nSPS) is 32.7. The van der Waals surface area contributed by atoms with Crippen molar-refractivity contribution in [3.63, 3.8) is 0 Å². The Morgan fingerprint density at radius 3 is 2.04 bits per heavy atom. The lowest BCUT2D eigenvalue weighted by Crippen LogP contribution is -2.51. The fourth-order valence-corrected chi connectivity index (χ4v) is 6.21. The number of ketones is 1. The summed E-state index contributed by atoms with van der Waals surface area (Å²) in [6.07, 6.45) is 6.65. The van der Waals surface area contributed by atoms with E-state index in [2.05, 4.69) is 0 Å². The van der Waals surface area contributed by atoms with E-state index in [1.807, 2.05) is 0 Å². The Morgan fingerprint density at radius 1 is 0.960 bits per heavy atom. The lowest BCUT2D eigenvalue weighted by molar-refractivity contribution is -0.147. The van der Waals surface area contributed by atoms with Gasteiger partial charge in [0.05, 0.1) is 20.6 Å². The van der Waals surface area contributed by atoms with Gasteiger partial charge < -0.3 is 4.74 Å². The van der Waals surface area contributed by atoms with Gasteiger partial charge >= 0.3 is 5.97 Å². The topological polar surface area (TPSA) is 43.4 Å². The van der Waals surface area contributed by atoms with E-state index < -0.39 is 5.97 Å². The molecule has 3 nitrogen and oxygen atoms in total. The second-order valence-corrected chi connectivity index (χ2v) is 9.11. The standard InChI is InChI=1S/C19H19Cl3O3/c20-13-1-2-14(21)17(22)16(13)18(24)25-9-15(23)19-6-10-3-11(7-19)5-12(4-10)8-19/h1-2,10-12H,3-9H2. The molecule has 134 valence electrons. The van der Waals surface area contributed by atoms with Gasteiger partial charge in [-0.1, -0.05) is 34.8 Å². The molecule has 4 bridgehead atoms. The van der Waals surface area contributed by atoms with Crippen molar-refractivity contribution in [3.05, 3.63) is 32.8 Å². The minimum atomic E-state index is -0.699. The molecule has 0 aliphatic heterocycles. The highest BCUT2D eigenvalue weighted by Gasteiger charge is 2.54. The molecule has 4 aliphatic carbocycles. The number of hydrogen-bond donors (Lipinski definition) is 0. The van der Waals surface area contributed by atoms with E-state index in [9.17, 15) is 9.59 Å². The summed E-state index contributed by atoms with van der Waals surface area (Å²) in [5.74, 6) is 1.36. The number of Topliss-reactive ketones (excluding diaryl/α,β-unsaturated/α-hetero) is 1. The SMILES string of the molecule is O=C(OCC(=O)C12CC3CC(CC(C3)C1)C2)c1c(Cl)ccc(Cl)c1Cl. The monoisotopic (exact) mass is 400 g/mol. The molecule has 6 heteroatoms. The average Bonchev–Trinajstić information content (AvgIpc) is 2.55. The summed E-state index contributed by atoms with van der Waals surface area (Å²) in [5.41, 5.74) is -0.258. The van der Waals surface area contributed by atoms with Crippen molar-refractivity contribution in [1.82, 2.24) is 0 Å². The number of hydrogen-bond acceptors (Lipinski definition) is 3. The fourth-order valence-electron chi connectivity index (χ4n) is 5.52. The summed E-state index contributed by atoms with van der Waals surface area (Å²) in [4.78, 5) is 25.3. The van der Waals surface area contributed by atoms with Crippen LogP contribution in [-0.4, -0.2) is 18.4 Å². The smallest absolute Gasteiger partial charge is 0.341 e. The van der Waals surface area contributed by atoms with Gasteiger partial charge in [0.2, 0.25) is 0 Å². The summed E-state index contributed by atoms with van der Waals surface area (Å²) < 4.78 is 5.28. The van der Waals surface area contributed by atoms with Crippen molar-refractivity contribution in [3.8, 4) is 0 Å². The molecule has 4 aliphatic rings. The Morgan fingerprint density at radius 2 is 1.48 bits per heavy atom. The molecule has 0 atom stereocenters. The zero-order valence-corrected chi connectivity index (χ0v) is 16.0. The summed E-state index contributed by atoms with van der Waals surface area (Å²) in [7, 11) is 0. The predicted octanol–water partition coefficient (Wildman–Crippen LogP) is 5.59.